The van der Waals surface area contributed by atoms with Crippen molar-refractivity contribution in [3.8, 4) is 5.75 Å². The maximum absolute atomic E-state index is 13.4. The molecule has 0 spiro atoms. The lowest BCUT2D eigenvalue weighted by Crippen LogP contribution is -2.39. The highest BCUT2D eigenvalue weighted by molar-refractivity contribution is 6.35. The Bertz CT molecular complexity index is 990. The van der Waals surface area contributed by atoms with Crippen molar-refractivity contribution >= 4 is 29.0 Å². The summed E-state index contributed by atoms with van der Waals surface area (Å²) in [5, 5.41) is 0.669. The van der Waals surface area contributed by atoms with Crippen molar-refractivity contribution in [2.75, 3.05) is 26.7 Å². The first-order valence-corrected chi connectivity index (χ1v) is 11.1. The number of methoxy groups -OCH3 is 1. The van der Waals surface area contributed by atoms with Gasteiger partial charge in [0.05, 0.1) is 12.7 Å². The zero-order valence-corrected chi connectivity index (χ0v) is 18.7. The fraction of sp³-hybridized carbons (Fsp3) is 0.360. The zero-order chi connectivity index (χ0) is 22.0. The Kier molecular flexibility index (Phi) is 6.33. The molecule has 0 aliphatic carbocycles. The van der Waals surface area contributed by atoms with Gasteiger partial charge in [0.1, 0.15) is 11.4 Å². The lowest BCUT2D eigenvalue weighted by molar-refractivity contribution is -0.137. The van der Waals surface area contributed by atoms with Gasteiger partial charge in [0, 0.05) is 24.7 Å². The van der Waals surface area contributed by atoms with Crippen LogP contribution in [0.25, 0.3) is 5.57 Å². The fourth-order valence-electron chi connectivity index (χ4n) is 4.20. The third-order valence-electron chi connectivity index (χ3n) is 6.16. The molecule has 5 nitrogen and oxygen atoms in total. The molecule has 31 heavy (non-hydrogen) atoms. The molecule has 162 valence electrons. The number of nitrogens with zero attached hydrogens (tertiary/aromatic N) is 2. The number of hydrogen-bond acceptors (Lipinski definition) is 4. The van der Waals surface area contributed by atoms with Gasteiger partial charge in [0.2, 0.25) is 0 Å². The van der Waals surface area contributed by atoms with Crippen LogP contribution in [-0.2, 0) is 16.0 Å². The normalized spacial score (nSPS) is 17.6. The lowest BCUT2D eigenvalue weighted by Gasteiger charge is -2.32. The predicted octanol–water partition coefficient (Wildman–Crippen LogP) is 4.40. The largest absolute Gasteiger partial charge is 0.497 e. The maximum Gasteiger partial charge on any atom is 0.277 e. The zero-order valence-electron chi connectivity index (χ0n) is 17.9. The highest BCUT2D eigenvalue weighted by Crippen LogP contribution is 2.34. The van der Waals surface area contributed by atoms with E-state index in [-0.39, 0.29) is 11.8 Å². The van der Waals surface area contributed by atoms with Crippen molar-refractivity contribution in [3.05, 3.63) is 70.4 Å². The van der Waals surface area contributed by atoms with E-state index in [0.717, 1.165) is 37.1 Å². The number of ether oxygens (including phenoxy) is 1. The van der Waals surface area contributed by atoms with E-state index in [1.165, 1.54) is 4.90 Å². The average Bonchev–Trinajstić information content (AvgIpc) is 3.03. The first kappa shape index (κ1) is 21.4. The van der Waals surface area contributed by atoms with E-state index in [4.69, 9.17) is 16.3 Å². The van der Waals surface area contributed by atoms with Gasteiger partial charge in [0.15, 0.2) is 0 Å². The summed E-state index contributed by atoms with van der Waals surface area (Å²) in [4.78, 5) is 30.4. The number of benzene rings is 2. The van der Waals surface area contributed by atoms with Crippen molar-refractivity contribution in [2.45, 2.75) is 26.2 Å². The van der Waals surface area contributed by atoms with Crippen molar-refractivity contribution in [1.82, 2.24) is 9.80 Å². The van der Waals surface area contributed by atoms with Crippen LogP contribution in [0.1, 0.15) is 30.9 Å². The smallest absolute Gasteiger partial charge is 0.277 e. The number of imide groups is 1. The predicted molar refractivity (Wildman–Crippen MR) is 122 cm³/mol. The molecule has 0 saturated carbocycles. The highest BCUT2D eigenvalue weighted by Gasteiger charge is 2.41. The molecular weight excluding hydrogens is 412 g/mol. The molecule has 0 radical (unpaired) electrons. The second-order valence-electron chi connectivity index (χ2n) is 8.26. The Morgan fingerprint density at radius 2 is 1.61 bits per heavy atom. The lowest BCUT2D eigenvalue weighted by atomic mass is 9.97. The standard InChI is InChI=1S/C25H27ClN2O3/c1-17-11-14-27(15-12-17)23-22(19-5-9-21(31-2)10-6-19)24(29)28(25(23)30)16-13-18-3-7-20(26)8-4-18/h3-10,17H,11-16H2,1-2H3. The molecule has 0 aromatic heterocycles. The fourth-order valence-corrected chi connectivity index (χ4v) is 4.33. The second kappa shape index (κ2) is 9.15. The Labute approximate surface area is 188 Å². The molecule has 2 heterocycles. The van der Waals surface area contributed by atoms with Crippen LogP contribution in [0.3, 0.4) is 0 Å². The molecular formula is C25H27ClN2O3. The number of hydrogen-bond donors (Lipinski definition) is 0. The molecule has 0 atom stereocenters. The summed E-state index contributed by atoms with van der Waals surface area (Å²) in [6, 6.07) is 14.9. The summed E-state index contributed by atoms with van der Waals surface area (Å²) < 4.78 is 5.25. The third kappa shape index (κ3) is 4.47. The number of rotatable bonds is 6. The van der Waals surface area contributed by atoms with E-state index in [1.807, 2.05) is 48.5 Å². The first-order valence-electron chi connectivity index (χ1n) is 10.7. The van der Waals surface area contributed by atoms with E-state index < -0.39 is 0 Å². The summed E-state index contributed by atoms with van der Waals surface area (Å²) >= 11 is 5.97. The van der Waals surface area contributed by atoms with Crippen LogP contribution >= 0.6 is 11.6 Å². The molecule has 0 unspecified atom stereocenters. The van der Waals surface area contributed by atoms with E-state index in [1.54, 1.807) is 7.11 Å². The Hall–Kier alpha value is -2.79. The summed E-state index contributed by atoms with van der Waals surface area (Å²) in [5.41, 5.74) is 2.83. The van der Waals surface area contributed by atoms with Crippen molar-refractivity contribution < 1.29 is 14.3 Å². The molecule has 6 heteroatoms. The number of halogens is 1. The highest BCUT2D eigenvalue weighted by atomic mass is 35.5. The van der Waals surface area contributed by atoms with Gasteiger partial charge in [-0.25, -0.2) is 0 Å². The number of carbonyl (C=O) groups excluding carboxylic acids is 2. The van der Waals surface area contributed by atoms with Crippen molar-refractivity contribution in [3.63, 3.8) is 0 Å². The molecule has 4 rings (SSSR count). The van der Waals surface area contributed by atoms with Crippen LogP contribution in [0.5, 0.6) is 5.75 Å². The van der Waals surface area contributed by atoms with Gasteiger partial charge in [-0.05, 0) is 60.6 Å². The molecule has 2 aromatic rings. The van der Waals surface area contributed by atoms with E-state index >= 15 is 0 Å². The van der Waals surface area contributed by atoms with Crippen LogP contribution in [-0.4, -0.2) is 48.4 Å². The van der Waals surface area contributed by atoms with Gasteiger partial charge in [-0.2, -0.15) is 0 Å². The summed E-state index contributed by atoms with van der Waals surface area (Å²) in [6.07, 6.45) is 2.63. The van der Waals surface area contributed by atoms with Gasteiger partial charge in [-0.15, -0.1) is 0 Å². The second-order valence-corrected chi connectivity index (χ2v) is 8.70. The minimum Gasteiger partial charge on any atom is -0.497 e. The average molecular weight is 439 g/mol. The Morgan fingerprint density at radius 3 is 2.23 bits per heavy atom. The SMILES string of the molecule is COc1ccc(C2=C(N3CCC(C)CC3)C(=O)N(CCc3ccc(Cl)cc3)C2=O)cc1. The summed E-state index contributed by atoms with van der Waals surface area (Å²) in [6.45, 7) is 4.16. The molecule has 0 bridgehead atoms. The minimum absolute atomic E-state index is 0.195. The monoisotopic (exact) mass is 438 g/mol. The number of likely N-dealkylation sites (tertiary alicyclic amines) is 1. The molecule has 2 aliphatic heterocycles. The van der Waals surface area contributed by atoms with E-state index in [9.17, 15) is 9.59 Å². The molecule has 2 aromatic carbocycles. The van der Waals surface area contributed by atoms with Crippen LogP contribution < -0.4 is 4.74 Å². The Balaban J connectivity index is 1.63. The summed E-state index contributed by atoms with van der Waals surface area (Å²) in [7, 11) is 1.61. The van der Waals surface area contributed by atoms with Gasteiger partial charge < -0.3 is 9.64 Å². The van der Waals surface area contributed by atoms with Gasteiger partial charge in [-0.3, -0.25) is 14.5 Å². The third-order valence-corrected chi connectivity index (χ3v) is 6.41. The minimum atomic E-state index is -0.224. The Morgan fingerprint density at radius 1 is 0.968 bits per heavy atom. The first-order chi connectivity index (χ1) is 15.0. The van der Waals surface area contributed by atoms with E-state index in [2.05, 4.69) is 11.8 Å². The quantitative estimate of drug-likeness (QED) is 0.627. The number of carbonyl (C=O) groups is 2. The number of piperidine rings is 1. The van der Waals surface area contributed by atoms with Gasteiger partial charge in [-0.1, -0.05) is 42.8 Å². The van der Waals surface area contributed by atoms with Crippen LogP contribution in [0, 0.1) is 5.92 Å². The molecule has 0 N–H and O–H groups in total. The molecule has 2 aliphatic rings. The van der Waals surface area contributed by atoms with Crippen LogP contribution in [0.15, 0.2) is 54.2 Å². The van der Waals surface area contributed by atoms with Crippen LogP contribution in [0.4, 0.5) is 0 Å². The van der Waals surface area contributed by atoms with Crippen LogP contribution in [0.2, 0.25) is 5.02 Å². The molecule has 1 saturated heterocycles. The molecule has 1 fully saturated rings. The topological polar surface area (TPSA) is 49.9 Å². The van der Waals surface area contributed by atoms with E-state index in [0.29, 0.717) is 40.9 Å². The number of amides is 2. The maximum atomic E-state index is 13.4. The summed E-state index contributed by atoms with van der Waals surface area (Å²) in [5.74, 6) is 0.931. The van der Waals surface area contributed by atoms with Crippen molar-refractivity contribution in [1.29, 1.82) is 0 Å². The molecule has 2 amide bonds. The van der Waals surface area contributed by atoms with Gasteiger partial charge >= 0.3 is 0 Å². The van der Waals surface area contributed by atoms with Gasteiger partial charge in [0.25, 0.3) is 11.8 Å². The van der Waals surface area contributed by atoms with Crippen molar-refractivity contribution in [2.24, 2.45) is 5.92 Å².